The number of alkyl halides is 1. The van der Waals surface area contributed by atoms with Gasteiger partial charge in [0.2, 0.25) is 19.7 Å². The summed E-state index contributed by atoms with van der Waals surface area (Å²) in [7, 11) is -10.3. The van der Waals surface area contributed by atoms with Crippen LogP contribution in [0.15, 0.2) is 70.5 Å². The van der Waals surface area contributed by atoms with Crippen LogP contribution in [-0.4, -0.2) is 38.9 Å². The lowest BCUT2D eigenvalue weighted by Gasteiger charge is -2.39. The number of benzene rings is 2. The molecule has 2 aromatic carbocycles. The van der Waals surface area contributed by atoms with E-state index in [1.54, 1.807) is 32.9 Å². The zero-order valence-electron chi connectivity index (χ0n) is 20.1. The molecule has 2 aromatic rings. The van der Waals surface area contributed by atoms with Crippen molar-refractivity contribution in [1.29, 1.82) is 0 Å². The van der Waals surface area contributed by atoms with E-state index in [9.17, 15) is 21.6 Å². The van der Waals surface area contributed by atoms with Crippen LogP contribution in [0.25, 0.3) is 0 Å². The van der Waals surface area contributed by atoms with E-state index in [0.29, 0.717) is 25.7 Å². The third kappa shape index (κ3) is 5.53. The Kier molecular flexibility index (Phi) is 7.96. The highest BCUT2D eigenvalue weighted by Gasteiger charge is 2.65. The lowest BCUT2D eigenvalue weighted by atomic mass is 9.84. The first-order valence-electron chi connectivity index (χ1n) is 11.6. The fraction of sp³-hybridized carbons (Fsp3) is 0.480. The summed E-state index contributed by atoms with van der Waals surface area (Å²) in [6.45, 7) is 4.81. The molecular weight excluding hydrogens is 493 g/mol. The maximum absolute atomic E-state index is 17.5. The normalized spacial score (nSPS) is 16.9. The second-order valence-corrected chi connectivity index (χ2v) is 14.1. The van der Waals surface area contributed by atoms with Crippen molar-refractivity contribution in [1.82, 2.24) is 5.32 Å². The minimum Gasteiger partial charge on any atom is -0.444 e. The van der Waals surface area contributed by atoms with Crippen molar-refractivity contribution in [2.24, 2.45) is 5.92 Å². The minimum absolute atomic E-state index is 0.362. The average Bonchev–Trinajstić information content (AvgIpc) is 2.82. The minimum atomic E-state index is -5.17. The van der Waals surface area contributed by atoms with Gasteiger partial charge < -0.3 is 10.1 Å². The standard InChI is InChI=1S/C25H32FNO6S2/c1-24(2,3)33-23(28)27-22(19-13-7-4-8-14-19)25(26,34(29,30)20-15-9-5-10-16-20)35(31,32)21-17-11-6-12-18-21/h5-6,9-12,15-19,22H,4,7-8,13-14H2,1-3H3,(H,27,28). The Bertz CT molecular complexity index is 1150. The largest absolute Gasteiger partial charge is 0.444 e. The second-order valence-electron chi connectivity index (χ2n) is 9.74. The molecule has 3 rings (SSSR count). The van der Waals surface area contributed by atoms with Gasteiger partial charge in [-0.05, 0) is 63.8 Å². The van der Waals surface area contributed by atoms with Crippen LogP contribution in [0.2, 0.25) is 0 Å². The third-order valence-electron chi connectivity index (χ3n) is 6.00. The van der Waals surface area contributed by atoms with E-state index in [2.05, 4.69) is 5.32 Å². The van der Waals surface area contributed by atoms with Crippen molar-refractivity contribution < 1.29 is 30.8 Å². The third-order valence-corrected chi connectivity index (χ3v) is 11.1. The summed E-state index contributed by atoms with van der Waals surface area (Å²) < 4.78 is 74.4. The fourth-order valence-corrected chi connectivity index (χ4v) is 8.96. The molecule has 10 heteroatoms. The highest BCUT2D eigenvalue weighted by Crippen LogP contribution is 2.45. The van der Waals surface area contributed by atoms with Crippen molar-refractivity contribution in [2.75, 3.05) is 0 Å². The van der Waals surface area contributed by atoms with Crippen molar-refractivity contribution in [3.05, 3.63) is 60.7 Å². The SMILES string of the molecule is CC(C)(C)OC(=O)NC(C1CCCCC1)C(F)(S(=O)(=O)c1ccccc1)S(=O)(=O)c1ccccc1. The molecule has 1 unspecified atom stereocenters. The average molecular weight is 526 g/mol. The topological polar surface area (TPSA) is 107 Å². The summed E-state index contributed by atoms with van der Waals surface area (Å²) in [5.74, 6) is -0.738. The Morgan fingerprint density at radius 3 is 1.69 bits per heavy atom. The molecule has 1 aliphatic carbocycles. The number of hydrogen-bond donors (Lipinski definition) is 1. The summed E-state index contributed by atoms with van der Waals surface area (Å²) >= 11 is 0. The molecule has 1 amide bonds. The molecule has 7 nitrogen and oxygen atoms in total. The van der Waals surface area contributed by atoms with Crippen LogP contribution in [0.4, 0.5) is 9.18 Å². The van der Waals surface area contributed by atoms with E-state index in [-0.39, 0.29) is 0 Å². The Balaban J connectivity index is 2.27. The monoisotopic (exact) mass is 525 g/mol. The Morgan fingerprint density at radius 1 is 0.857 bits per heavy atom. The first-order chi connectivity index (χ1) is 16.3. The molecule has 0 bridgehead atoms. The number of carbonyl (C=O) groups excluding carboxylic acids is 1. The van der Waals surface area contributed by atoms with Gasteiger partial charge in [-0.2, -0.15) is 0 Å². The fourth-order valence-electron chi connectivity index (χ4n) is 4.39. The zero-order chi connectivity index (χ0) is 25.9. The Hall–Kier alpha value is -2.46. The molecular formula is C25H32FNO6S2. The molecule has 1 aliphatic rings. The van der Waals surface area contributed by atoms with Crippen molar-refractivity contribution in [2.45, 2.75) is 78.6 Å². The number of carbonyl (C=O) groups is 1. The lowest BCUT2D eigenvalue weighted by Crippen LogP contribution is -2.62. The van der Waals surface area contributed by atoms with E-state index in [1.165, 1.54) is 24.3 Å². The first-order valence-corrected chi connectivity index (χ1v) is 14.5. The van der Waals surface area contributed by atoms with Crippen molar-refractivity contribution >= 4 is 25.8 Å². The molecule has 1 atom stereocenters. The quantitative estimate of drug-likeness (QED) is 0.543. The molecule has 1 fully saturated rings. The van der Waals surface area contributed by atoms with E-state index in [0.717, 1.165) is 30.7 Å². The van der Waals surface area contributed by atoms with E-state index >= 15 is 4.39 Å². The Morgan fingerprint density at radius 2 is 1.29 bits per heavy atom. The van der Waals surface area contributed by atoms with Crippen molar-refractivity contribution in [3.8, 4) is 0 Å². The molecule has 0 aromatic heterocycles. The van der Waals surface area contributed by atoms with E-state index < -0.39 is 57.5 Å². The second kappa shape index (κ2) is 10.3. The van der Waals surface area contributed by atoms with E-state index in [1.807, 2.05) is 0 Å². The summed E-state index contributed by atoms with van der Waals surface area (Å²) in [6.07, 6.45) is 1.81. The van der Waals surface area contributed by atoms with Crippen LogP contribution in [0, 0.1) is 5.92 Å². The van der Waals surface area contributed by atoms with Gasteiger partial charge >= 0.3 is 10.4 Å². The van der Waals surface area contributed by atoms with Gasteiger partial charge in [-0.1, -0.05) is 55.7 Å². The number of sulfone groups is 2. The smallest absolute Gasteiger partial charge is 0.408 e. The van der Waals surface area contributed by atoms with Gasteiger partial charge in [-0.15, -0.1) is 0 Å². The molecule has 35 heavy (non-hydrogen) atoms. The predicted octanol–water partition coefficient (Wildman–Crippen LogP) is 5.03. The number of rotatable bonds is 7. The van der Waals surface area contributed by atoms with Gasteiger partial charge in [0.25, 0.3) is 0 Å². The number of nitrogens with one attached hydrogen (secondary N) is 1. The predicted molar refractivity (Wildman–Crippen MR) is 131 cm³/mol. The van der Waals surface area contributed by atoms with Gasteiger partial charge in [-0.25, -0.2) is 26.0 Å². The number of hydrogen-bond acceptors (Lipinski definition) is 6. The highest BCUT2D eigenvalue weighted by molar-refractivity contribution is 8.10. The molecule has 1 N–H and O–H groups in total. The maximum Gasteiger partial charge on any atom is 0.408 e. The molecule has 1 saturated carbocycles. The van der Waals surface area contributed by atoms with Crippen LogP contribution >= 0.6 is 0 Å². The Labute approximate surface area is 206 Å². The lowest BCUT2D eigenvalue weighted by molar-refractivity contribution is 0.0438. The molecule has 0 radical (unpaired) electrons. The van der Waals surface area contributed by atoms with Gasteiger partial charge in [-0.3, -0.25) is 0 Å². The number of ether oxygens (including phenoxy) is 1. The number of halogens is 1. The van der Waals surface area contributed by atoms with Crippen LogP contribution in [-0.2, 0) is 24.4 Å². The molecule has 0 aliphatic heterocycles. The van der Waals surface area contributed by atoms with Gasteiger partial charge in [0.05, 0.1) is 15.8 Å². The van der Waals surface area contributed by atoms with Crippen LogP contribution in [0.5, 0.6) is 0 Å². The van der Waals surface area contributed by atoms with Gasteiger partial charge in [0.1, 0.15) is 5.60 Å². The van der Waals surface area contributed by atoms with Crippen LogP contribution < -0.4 is 5.32 Å². The zero-order valence-corrected chi connectivity index (χ0v) is 21.7. The first kappa shape index (κ1) is 27.1. The van der Waals surface area contributed by atoms with Gasteiger partial charge in [0.15, 0.2) is 0 Å². The number of alkyl carbamates (subject to hydrolysis) is 1. The molecule has 0 heterocycles. The highest BCUT2D eigenvalue weighted by atomic mass is 32.3. The summed E-state index contributed by atoms with van der Waals surface area (Å²) in [5, 5.41) is 2.34. The summed E-state index contributed by atoms with van der Waals surface area (Å²) in [5.41, 5.74) is -0.962. The molecule has 0 spiro atoms. The van der Waals surface area contributed by atoms with E-state index in [4.69, 9.17) is 4.74 Å². The van der Waals surface area contributed by atoms with Crippen LogP contribution in [0.1, 0.15) is 52.9 Å². The van der Waals surface area contributed by atoms with Gasteiger partial charge in [0, 0.05) is 0 Å². The molecule has 192 valence electrons. The molecule has 0 saturated heterocycles. The van der Waals surface area contributed by atoms with Crippen molar-refractivity contribution in [3.63, 3.8) is 0 Å². The number of amides is 1. The summed E-state index contributed by atoms with van der Waals surface area (Å²) in [6, 6.07) is 11.3. The van der Waals surface area contributed by atoms with Crippen LogP contribution in [0.3, 0.4) is 0 Å². The maximum atomic E-state index is 17.5. The summed E-state index contributed by atoms with van der Waals surface area (Å²) in [4.78, 5) is 11.8.